The standard InChI is InChI=1S/C10H9ClN4O/c1-7(16)12-9-5-6-15(14-9)10-4-2-3-8(11)13-10/h2-6H,1H3,(H,12,14,16). The Morgan fingerprint density at radius 3 is 2.94 bits per heavy atom. The molecule has 0 aliphatic rings. The van der Waals surface area contributed by atoms with E-state index in [0.29, 0.717) is 16.8 Å². The number of nitrogens with one attached hydrogen (secondary N) is 1. The van der Waals surface area contributed by atoms with Crippen LogP contribution in [0.5, 0.6) is 0 Å². The maximum absolute atomic E-state index is 10.8. The van der Waals surface area contributed by atoms with Crippen molar-refractivity contribution in [2.45, 2.75) is 6.92 Å². The summed E-state index contributed by atoms with van der Waals surface area (Å²) in [5.41, 5.74) is 0. The van der Waals surface area contributed by atoms with Crippen LogP contribution in [0.25, 0.3) is 5.82 Å². The number of carbonyl (C=O) groups excluding carboxylic acids is 1. The molecule has 5 nitrogen and oxygen atoms in total. The van der Waals surface area contributed by atoms with Crippen molar-refractivity contribution in [3.8, 4) is 5.82 Å². The van der Waals surface area contributed by atoms with Crippen LogP contribution in [-0.2, 0) is 4.79 Å². The molecule has 0 saturated heterocycles. The van der Waals surface area contributed by atoms with Crippen LogP contribution >= 0.6 is 11.6 Å². The summed E-state index contributed by atoms with van der Waals surface area (Å²) < 4.78 is 1.54. The van der Waals surface area contributed by atoms with E-state index in [-0.39, 0.29) is 5.91 Å². The maximum Gasteiger partial charge on any atom is 0.222 e. The van der Waals surface area contributed by atoms with Crippen LogP contribution in [-0.4, -0.2) is 20.7 Å². The summed E-state index contributed by atoms with van der Waals surface area (Å²) in [4.78, 5) is 14.9. The number of anilines is 1. The van der Waals surface area contributed by atoms with E-state index in [0.717, 1.165) is 0 Å². The molecule has 0 bridgehead atoms. The topological polar surface area (TPSA) is 59.8 Å². The number of hydrogen-bond donors (Lipinski definition) is 1. The van der Waals surface area contributed by atoms with Crippen LogP contribution in [0.3, 0.4) is 0 Å². The van der Waals surface area contributed by atoms with Crippen molar-refractivity contribution in [2.75, 3.05) is 5.32 Å². The van der Waals surface area contributed by atoms with Gasteiger partial charge in [-0.1, -0.05) is 17.7 Å². The third-order valence-corrected chi connectivity index (χ3v) is 2.04. The van der Waals surface area contributed by atoms with Gasteiger partial charge in [0.25, 0.3) is 0 Å². The van der Waals surface area contributed by atoms with E-state index < -0.39 is 0 Å². The normalized spacial score (nSPS) is 10.1. The molecule has 0 aromatic carbocycles. The lowest BCUT2D eigenvalue weighted by Crippen LogP contribution is -2.07. The molecule has 0 atom stereocenters. The van der Waals surface area contributed by atoms with E-state index in [1.54, 1.807) is 30.5 Å². The number of halogens is 1. The van der Waals surface area contributed by atoms with E-state index in [1.807, 2.05) is 0 Å². The van der Waals surface area contributed by atoms with Gasteiger partial charge < -0.3 is 5.32 Å². The maximum atomic E-state index is 10.8. The van der Waals surface area contributed by atoms with Crippen LogP contribution in [0.15, 0.2) is 30.5 Å². The average Bonchev–Trinajstić information content (AvgIpc) is 2.65. The minimum atomic E-state index is -0.163. The summed E-state index contributed by atoms with van der Waals surface area (Å²) in [6.07, 6.45) is 1.70. The Kier molecular flexibility index (Phi) is 2.87. The van der Waals surface area contributed by atoms with Gasteiger partial charge in [-0.05, 0) is 12.1 Å². The van der Waals surface area contributed by atoms with Crippen molar-refractivity contribution in [2.24, 2.45) is 0 Å². The van der Waals surface area contributed by atoms with Crippen molar-refractivity contribution in [1.82, 2.24) is 14.8 Å². The zero-order chi connectivity index (χ0) is 11.5. The molecule has 1 N–H and O–H groups in total. The largest absolute Gasteiger partial charge is 0.309 e. The van der Waals surface area contributed by atoms with E-state index >= 15 is 0 Å². The van der Waals surface area contributed by atoms with Crippen molar-refractivity contribution < 1.29 is 4.79 Å². The third-order valence-electron chi connectivity index (χ3n) is 1.83. The fraction of sp³-hybridized carbons (Fsp3) is 0.100. The predicted molar refractivity (Wildman–Crippen MR) is 60.7 cm³/mol. The second kappa shape index (κ2) is 4.32. The molecule has 2 heterocycles. The van der Waals surface area contributed by atoms with Gasteiger partial charge in [0, 0.05) is 19.2 Å². The second-order valence-corrected chi connectivity index (χ2v) is 3.53. The first-order valence-electron chi connectivity index (χ1n) is 4.61. The predicted octanol–water partition coefficient (Wildman–Crippen LogP) is 1.88. The van der Waals surface area contributed by atoms with Gasteiger partial charge >= 0.3 is 0 Å². The molecule has 0 aliphatic carbocycles. The molecule has 0 fully saturated rings. The molecule has 1 amide bonds. The number of rotatable bonds is 2. The van der Waals surface area contributed by atoms with Crippen molar-refractivity contribution in [3.63, 3.8) is 0 Å². The van der Waals surface area contributed by atoms with E-state index in [1.165, 1.54) is 11.6 Å². The van der Waals surface area contributed by atoms with Crippen LogP contribution in [0.4, 0.5) is 5.82 Å². The van der Waals surface area contributed by atoms with Gasteiger partial charge in [-0.3, -0.25) is 4.79 Å². The van der Waals surface area contributed by atoms with Gasteiger partial charge in [0.2, 0.25) is 5.91 Å². The summed E-state index contributed by atoms with van der Waals surface area (Å²) in [6, 6.07) is 6.92. The summed E-state index contributed by atoms with van der Waals surface area (Å²) in [7, 11) is 0. The molecule has 0 unspecified atom stereocenters. The first kappa shape index (κ1) is 10.6. The molecule has 2 rings (SSSR count). The SMILES string of the molecule is CC(=O)Nc1ccn(-c2cccc(Cl)n2)n1. The number of pyridine rings is 1. The second-order valence-electron chi connectivity index (χ2n) is 3.15. The molecule has 0 saturated carbocycles. The van der Waals surface area contributed by atoms with Gasteiger partial charge in [-0.25, -0.2) is 9.67 Å². The molecule has 0 aliphatic heterocycles. The molecule has 2 aromatic heterocycles. The lowest BCUT2D eigenvalue weighted by Gasteiger charge is -2.00. The van der Waals surface area contributed by atoms with Crippen LogP contribution in [0.1, 0.15) is 6.92 Å². The van der Waals surface area contributed by atoms with Gasteiger partial charge in [0.05, 0.1) is 0 Å². The highest BCUT2D eigenvalue weighted by Gasteiger charge is 2.03. The molecule has 0 spiro atoms. The zero-order valence-corrected chi connectivity index (χ0v) is 9.27. The van der Waals surface area contributed by atoms with E-state index in [4.69, 9.17) is 11.6 Å². The highest BCUT2D eigenvalue weighted by atomic mass is 35.5. The molecule has 0 radical (unpaired) electrons. The number of carbonyl (C=O) groups is 1. The minimum absolute atomic E-state index is 0.163. The highest BCUT2D eigenvalue weighted by molar-refractivity contribution is 6.29. The van der Waals surface area contributed by atoms with Gasteiger partial charge in [-0.2, -0.15) is 0 Å². The third kappa shape index (κ3) is 2.38. The molecule has 82 valence electrons. The summed E-state index contributed by atoms with van der Waals surface area (Å²) in [6.45, 7) is 1.43. The molecular formula is C10H9ClN4O. The fourth-order valence-corrected chi connectivity index (χ4v) is 1.38. The van der Waals surface area contributed by atoms with Crippen molar-refractivity contribution in [1.29, 1.82) is 0 Å². The van der Waals surface area contributed by atoms with Gasteiger partial charge in [0.15, 0.2) is 11.6 Å². The summed E-state index contributed by atoms with van der Waals surface area (Å²) in [5.74, 6) is 0.919. The molecule has 2 aromatic rings. The Balaban J connectivity index is 2.28. The number of aromatic nitrogens is 3. The van der Waals surface area contributed by atoms with Gasteiger partial charge in [0.1, 0.15) is 5.15 Å². The number of hydrogen-bond acceptors (Lipinski definition) is 3. The lowest BCUT2D eigenvalue weighted by molar-refractivity contribution is -0.114. The molecular weight excluding hydrogens is 228 g/mol. The Morgan fingerprint density at radius 2 is 2.25 bits per heavy atom. The van der Waals surface area contributed by atoms with Crippen molar-refractivity contribution in [3.05, 3.63) is 35.6 Å². The number of amides is 1. The minimum Gasteiger partial charge on any atom is -0.309 e. The Hall–Kier alpha value is -1.88. The Bertz CT molecular complexity index is 523. The summed E-state index contributed by atoms with van der Waals surface area (Å²) in [5, 5.41) is 7.10. The molecule has 6 heteroatoms. The smallest absolute Gasteiger partial charge is 0.222 e. The highest BCUT2D eigenvalue weighted by Crippen LogP contribution is 2.11. The monoisotopic (exact) mass is 236 g/mol. The lowest BCUT2D eigenvalue weighted by atomic mass is 10.5. The van der Waals surface area contributed by atoms with Gasteiger partial charge in [-0.15, -0.1) is 5.10 Å². The van der Waals surface area contributed by atoms with E-state index in [2.05, 4.69) is 15.4 Å². The average molecular weight is 237 g/mol. The number of nitrogens with zero attached hydrogens (tertiary/aromatic N) is 3. The zero-order valence-electron chi connectivity index (χ0n) is 8.51. The Morgan fingerprint density at radius 1 is 1.44 bits per heavy atom. The fourth-order valence-electron chi connectivity index (χ4n) is 1.22. The first-order valence-corrected chi connectivity index (χ1v) is 4.99. The van der Waals surface area contributed by atoms with E-state index in [9.17, 15) is 4.79 Å². The molecule has 16 heavy (non-hydrogen) atoms. The first-order chi connectivity index (χ1) is 7.65. The van der Waals surface area contributed by atoms with Crippen LogP contribution in [0, 0.1) is 0 Å². The Labute approximate surface area is 97.1 Å². The van der Waals surface area contributed by atoms with Crippen LogP contribution in [0.2, 0.25) is 5.15 Å². The van der Waals surface area contributed by atoms with Crippen LogP contribution < -0.4 is 5.32 Å². The van der Waals surface area contributed by atoms with Crippen molar-refractivity contribution >= 4 is 23.3 Å². The summed E-state index contributed by atoms with van der Waals surface area (Å²) >= 11 is 5.76. The quantitative estimate of drug-likeness (QED) is 0.810.